The van der Waals surface area contributed by atoms with Gasteiger partial charge in [-0.15, -0.1) is 0 Å². The summed E-state index contributed by atoms with van der Waals surface area (Å²) in [5.41, 5.74) is 5.31. The highest BCUT2D eigenvalue weighted by Gasteiger charge is 2.21. The number of nitrogens with two attached hydrogens (primary N) is 1. The van der Waals surface area contributed by atoms with Gasteiger partial charge in [-0.25, -0.2) is 14.2 Å². The lowest BCUT2D eigenvalue weighted by Gasteiger charge is -2.32. The van der Waals surface area contributed by atoms with Crippen molar-refractivity contribution < 1.29 is 13.9 Å². The molecule has 1 heterocycles. The second-order valence-corrected chi connectivity index (χ2v) is 6.32. The molecule has 8 heteroatoms. The van der Waals surface area contributed by atoms with E-state index in [0.29, 0.717) is 25.6 Å². The normalized spacial score (nSPS) is 16.9. The molecule has 0 aromatic heterocycles. The van der Waals surface area contributed by atoms with Crippen LogP contribution in [0.1, 0.15) is 26.7 Å². The summed E-state index contributed by atoms with van der Waals surface area (Å²) in [7, 11) is 0. The molecule has 1 aliphatic rings. The predicted octanol–water partition coefficient (Wildman–Crippen LogP) is 1.69. The average Bonchev–Trinajstić information content (AvgIpc) is 2.62. The van der Waals surface area contributed by atoms with Gasteiger partial charge < -0.3 is 26.0 Å². The fraction of sp³-hybridized carbons (Fsp3) is 0.556. The number of amides is 2. The molecule has 26 heavy (non-hydrogen) atoms. The number of benzene rings is 1. The van der Waals surface area contributed by atoms with Crippen LogP contribution < -0.4 is 21.1 Å². The first-order chi connectivity index (χ1) is 12.5. The van der Waals surface area contributed by atoms with Crippen LogP contribution in [0, 0.1) is 5.82 Å². The Morgan fingerprint density at radius 3 is 2.73 bits per heavy atom. The maximum atomic E-state index is 13.6. The van der Waals surface area contributed by atoms with E-state index in [2.05, 4.69) is 15.6 Å². The molecule has 0 bridgehead atoms. The Morgan fingerprint density at radius 2 is 2.12 bits per heavy atom. The van der Waals surface area contributed by atoms with Gasteiger partial charge in [0.05, 0.1) is 6.54 Å². The van der Waals surface area contributed by atoms with Gasteiger partial charge in [0.25, 0.3) is 0 Å². The Bertz CT molecular complexity index is 617. The Labute approximate surface area is 153 Å². The van der Waals surface area contributed by atoms with Crippen LogP contribution in [0.25, 0.3) is 0 Å². The SMILES string of the molecule is CCNC(=NCC(C)Oc1ccccc1F)NC1CCN(C(N)=O)CC1. The van der Waals surface area contributed by atoms with Gasteiger partial charge in [-0.3, -0.25) is 0 Å². The minimum Gasteiger partial charge on any atom is -0.486 e. The fourth-order valence-corrected chi connectivity index (χ4v) is 2.77. The van der Waals surface area contributed by atoms with Gasteiger partial charge >= 0.3 is 6.03 Å². The van der Waals surface area contributed by atoms with Gasteiger partial charge in [-0.2, -0.15) is 0 Å². The lowest BCUT2D eigenvalue weighted by atomic mass is 10.1. The van der Waals surface area contributed by atoms with Gasteiger partial charge in [0.1, 0.15) is 6.10 Å². The number of aliphatic imine (C=N–C) groups is 1. The number of ether oxygens (including phenoxy) is 1. The molecule has 1 saturated heterocycles. The highest BCUT2D eigenvalue weighted by molar-refractivity contribution is 5.80. The van der Waals surface area contributed by atoms with Crippen LogP contribution in [0.2, 0.25) is 0 Å². The first-order valence-corrected chi connectivity index (χ1v) is 9.00. The molecule has 1 atom stereocenters. The molecule has 0 saturated carbocycles. The standard InChI is InChI=1S/C18H28FN5O2/c1-3-21-18(23-14-8-10-24(11-9-14)17(20)25)22-12-13(2)26-16-7-5-4-6-15(16)19/h4-7,13-14H,3,8-12H2,1-2H3,(H2,20,25)(H2,21,22,23). The summed E-state index contributed by atoms with van der Waals surface area (Å²) < 4.78 is 19.3. The third kappa shape index (κ3) is 6.09. The zero-order valence-corrected chi connectivity index (χ0v) is 15.4. The largest absolute Gasteiger partial charge is 0.486 e. The molecule has 1 unspecified atom stereocenters. The van der Waals surface area contributed by atoms with Crippen molar-refractivity contribution in [1.82, 2.24) is 15.5 Å². The van der Waals surface area contributed by atoms with Gasteiger partial charge in [0, 0.05) is 25.7 Å². The summed E-state index contributed by atoms with van der Waals surface area (Å²) in [5.74, 6) is 0.538. The number of guanidine groups is 1. The molecule has 1 aromatic rings. The summed E-state index contributed by atoms with van der Waals surface area (Å²) >= 11 is 0. The number of primary amides is 1. The van der Waals surface area contributed by atoms with Crippen LogP contribution in [0.4, 0.5) is 9.18 Å². The number of nitrogens with zero attached hydrogens (tertiary/aromatic N) is 2. The number of rotatable bonds is 6. The van der Waals surface area contributed by atoms with E-state index in [9.17, 15) is 9.18 Å². The molecule has 2 amide bonds. The Morgan fingerprint density at radius 1 is 1.42 bits per heavy atom. The Hall–Kier alpha value is -2.51. The molecule has 1 fully saturated rings. The van der Waals surface area contributed by atoms with Crippen LogP contribution in [0.15, 0.2) is 29.3 Å². The number of carbonyl (C=O) groups excluding carboxylic acids is 1. The molecule has 4 N–H and O–H groups in total. The minimum absolute atomic E-state index is 0.228. The molecule has 7 nitrogen and oxygen atoms in total. The number of nitrogens with one attached hydrogen (secondary N) is 2. The lowest BCUT2D eigenvalue weighted by Crippen LogP contribution is -2.50. The third-order valence-electron chi connectivity index (χ3n) is 4.16. The number of hydrogen-bond donors (Lipinski definition) is 3. The van der Waals surface area contributed by atoms with Gasteiger partial charge in [-0.1, -0.05) is 12.1 Å². The maximum absolute atomic E-state index is 13.6. The smallest absolute Gasteiger partial charge is 0.314 e. The van der Waals surface area contributed by atoms with Gasteiger partial charge in [0.15, 0.2) is 17.5 Å². The summed E-state index contributed by atoms with van der Waals surface area (Å²) in [6.07, 6.45) is 1.36. The van der Waals surface area contributed by atoms with E-state index < -0.39 is 0 Å². The second-order valence-electron chi connectivity index (χ2n) is 6.32. The number of para-hydroxylation sites is 1. The first-order valence-electron chi connectivity index (χ1n) is 9.00. The van der Waals surface area contributed by atoms with Crippen molar-refractivity contribution in [3.05, 3.63) is 30.1 Å². The summed E-state index contributed by atoms with van der Waals surface area (Å²) in [5, 5.41) is 6.58. The highest BCUT2D eigenvalue weighted by Crippen LogP contribution is 2.17. The lowest BCUT2D eigenvalue weighted by molar-refractivity contribution is 0.188. The Balaban J connectivity index is 1.86. The number of halogens is 1. The van der Waals surface area contributed by atoms with Crippen molar-refractivity contribution in [2.45, 2.75) is 38.8 Å². The van der Waals surface area contributed by atoms with Gasteiger partial charge in [-0.05, 0) is 38.8 Å². The van der Waals surface area contributed by atoms with E-state index in [1.54, 1.807) is 23.1 Å². The average molecular weight is 365 g/mol. The summed E-state index contributed by atoms with van der Waals surface area (Å²) in [6.45, 7) is 6.24. The van der Waals surface area contributed by atoms with E-state index in [4.69, 9.17) is 10.5 Å². The summed E-state index contributed by atoms with van der Waals surface area (Å²) in [4.78, 5) is 17.4. The zero-order chi connectivity index (χ0) is 18.9. The van der Waals surface area contributed by atoms with Crippen LogP contribution in [-0.2, 0) is 0 Å². The number of carbonyl (C=O) groups is 1. The van der Waals surface area contributed by atoms with Crippen molar-refractivity contribution in [2.24, 2.45) is 10.7 Å². The monoisotopic (exact) mass is 365 g/mol. The van der Waals surface area contributed by atoms with Crippen molar-refractivity contribution in [3.8, 4) is 5.75 Å². The van der Waals surface area contributed by atoms with E-state index >= 15 is 0 Å². The van der Waals surface area contributed by atoms with Crippen molar-refractivity contribution in [2.75, 3.05) is 26.2 Å². The summed E-state index contributed by atoms with van der Waals surface area (Å²) in [6, 6.07) is 6.19. The molecular formula is C18H28FN5O2. The minimum atomic E-state index is -0.380. The van der Waals surface area contributed by atoms with E-state index in [-0.39, 0.29) is 29.7 Å². The molecule has 144 valence electrons. The molecule has 0 aliphatic carbocycles. The Kier molecular flexibility index (Phi) is 7.50. The van der Waals surface area contributed by atoms with Crippen LogP contribution >= 0.6 is 0 Å². The molecular weight excluding hydrogens is 337 g/mol. The molecule has 2 rings (SSSR count). The molecule has 0 radical (unpaired) electrons. The number of piperidine rings is 1. The fourth-order valence-electron chi connectivity index (χ4n) is 2.77. The number of urea groups is 1. The quantitative estimate of drug-likeness (QED) is 0.528. The van der Waals surface area contributed by atoms with Gasteiger partial charge in [0.2, 0.25) is 0 Å². The van der Waals surface area contributed by atoms with E-state index in [0.717, 1.165) is 19.4 Å². The third-order valence-corrected chi connectivity index (χ3v) is 4.16. The van der Waals surface area contributed by atoms with Crippen molar-refractivity contribution in [1.29, 1.82) is 0 Å². The number of hydrogen-bond acceptors (Lipinski definition) is 3. The van der Waals surface area contributed by atoms with Crippen LogP contribution in [0.3, 0.4) is 0 Å². The van der Waals surface area contributed by atoms with Crippen LogP contribution in [0.5, 0.6) is 5.75 Å². The molecule has 1 aliphatic heterocycles. The highest BCUT2D eigenvalue weighted by atomic mass is 19.1. The predicted molar refractivity (Wildman–Crippen MR) is 99.8 cm³/mol. The molecule has 0 spiro atoms. The van der Waals surface area contributed by atoms with E-state index in [1.807, 2.05) is 13.8 Å². The first kappa shape index (κ1) is 19.8. The maximum Gasteiger partial charge on any atom is 0.314 e. The number of likely N-dealkylation sites (tertiary alicyclic amines) is 1. The topological polar surface area (TPSA) is 92.0 Å². The van der Waals surface area contributed by atoms with Crippen LogP contribution in [-0.4, -0.2) is 55.2 Å². The molecule has 1 aromatic carbocycles. The zero-order valence-electron chi connectivity index (χ0n) is 15.4. The second kappa shape index (κ2) is 9.84. The van der Waals surface area contributed by atoms with Crippen molar-refractivity contribution >= 4 is 12.0 Å². The van der Waals surface area contributed by atoms with Crippen molar-refractivity contribution in [3.63, 3.8) is 0 Å². The van der Waals surface area contributed by atoms with E-state index in [1.165, 1.54) is 6.07 Å².